The number of rotatable bonds is 7. The van der Waals surface area contributed by atoms with E-state index in [1.807, 2.05) is 13.0 Å². The molecule has 0 aliphatic rings. The lowest BCUT2D eigenvalue weighted by molar-refractivity contribution is -0.121. The predicted molar refractivity (Wildman–Crippen MR) is 106 cm³/mol. The number of benzene rings is 2. The Balaban J connectivity index is 1.92. The highest BCUT2D eigenvalue weighted by atomic mass is 19.1. The Hall–Kier alpha value is -3.19. The van der Waals surface area contributed by atoms with Crippen LogP contribution >= 0.6 is 0 Å². The first-order valence-electron chi connectivity index (χ1n) is 8.90. The molecule has 6 nitrogen and oxygen atoms in total. The van der Waals surface area contributed by atoms with E-state index in [1.54, 1.807) is 24.3 Å². The Bertz CT molecular complexity index is 1030. The van der Waals surface area contributed by atoms with Crippen molar-refractivity contribution in [3.63, 3.8) is 0 Å². The minimum absolute atomic E-state index is 0.0533. The second kappa shape index (κ2) is 8.22. The average Bonchev–Trinajstić information content (AvgIpc) is 3.13. The first kappa shape index (κ1) is 19.6. The molecular formula is C21H22FN3O3. The zero-order chi connectivity index (χ0) is 20.3. The highest BCUT2D eigenvalue weighted by molar-refractivity contribution is 5.83. The van der Waals surface area contributed by atoms with Gasteiger partial charge in [0, 0.05) is 12.5 Å². The summed E-state index contributed by atoms with van der Waals surface area (Å²) < 4.78 is 25.1. The molecule has 0 spiro atoms. The van der Waals surface area contributed by atoms with Gasteiger partial charge in [-0.25, -0.2) is 15.2 Å². The maximum atomic E-state index is 14.3. The summed E-state index contributed by atoms with van der Waals surface area (Å²) in [6.07, 6.45) is 0.992. The van der Waals surface area contributed by atoms with E-state index in [9.17, 15) is 9.18 Å². The molecule has 28 heavy (non-hydrogen) atoms. The molecule has 1 amide bonds. The van der Waals surface area contributed by atoms with Crippen molar-refractivity contribution < 1.29 is 18.3 Å². The summed E-state index contributed by atoms with van der Waals surface area (Å²) in [4.78, 5) is 16.0. The molecule has 1 atom stereocenters. The molecule has 1 unspecified atom stereocenters. The number of carbonyl (C=O) groups is 1. The monoisotopic (exact) mass is 383 g/mol. The highest BCUT2D eigenvalue weighted by Crippen LogP contribution is 2.32. The van der Waals surface area contributed by atoms with Gasteiger partial charge in [-0.15, -0.1) is 0 Å². The summed E-state index contributed by atoms with van der Waals surface area (Å²) in [5.41, 5.74) is 5.16. The lowest BCUT2D eigenvalue weighted by Crippen LogP contribution is -2.31. The van der Waals surface area contributed by atoms with Gasteiger partial charge in [0.05, 0.1) is 12.7 Å². The maximum absolute atomic E-state index is 14.3. The lowest BCUT2D eigenvalue weighted by Gasteiger charge is -2.17. The van der Waals surface area contributed by atoms with E-state index >= 15 is 0 Å². The number of methoxy groups -OCH3 is 1. The van der Waals surface area contributed by atoms with E-state index in [4.69, 9.17) is 15.0 Å². The largest absolute Gasteiger partial charge is 0.497 e. The van der Waals surface area contributed by atoms with Crippen molar-refractivity contribution in [1.82, 2.24) is 10.4 Å². The third kappa shape index (κ3) is 3.89. The molecule has 3 N–H and O–H groups in total. The van der Waals surface area contributed by atoms with Crippen LogP contribution in [0.5, 0.6) is 5.75 Å². The third-order valence-corrected chi connectivity index (χ3v) is 4.74. The molecule has 1 heterocycles. The fourth-order valence-corrected chi connectivity index (χ4v) is 3.07. The Morgan fingerprint density at radius 3 is 2.79 bits per heavy atom. The zero-order valence-electron chi connectivity index (χ0n) is 15.8. The summed E-state index contributed by atoms with van der Waals surface area (Å²) in [5.74, 6) is 5.02. The third-order valence-electron chi connectivity index (χ3n) is 4.74. The van der Waals surface area contributed by atoms with Gasteiger partial charge >= 0.3 is 0 Å². The van der Waals surface area contributed by atoms with Gasteiger partial charge in [0.2, 0.25) is 11.8 Å². The van der Waals surface area contributed by atoms with Crippen molar-refractivity contribution in [2.45, 2.75) is 19.8 Å². The average molecular weight is 383 g/mol. The number of hydrogen-bond donors (Lipinski definition) is 2. The molecule has 0 saturated heterocycles. The van der Waals surface area contributed by atoms with Crippen LogP contribution in [0.25, 0.3) is 28.1 Å². The Labute approximate surface area is 162 Å². The van der Waals surface area contributed by atoms with Crippen molar-refractivity contribution in [2.75, 3.05) is 7.11 Å². The smallest absolute Gasteiger partial charge is 0.234 e. The predicted octanol–water partition coefficient (Wildman–Crippen LogP) is 4.06. The molecule has 3 rings (SSSR count). The van der Waals surface area contributed by atoms with Gasteiger partial charge < -0.3 is 9.15 Å². The topological polar surface area (TPSA) is 90.4 Å². The fraction of sp³-hybridized carbons (Fsp3) is 0.238. The van der Waals surface area contributed by atoms with E-state index in [2.05, 4.69) is 17.0 Å². The van der Waals surface area contributed by atoms with Crippen LogP contribution in [0.4, 0.5) is 4.39 Å². The molecule has 3 aromatic rings. The number of nitrogens with one attached hydrogen (secondary N) is 1. The second-order valence-electron chi connectivity index (χ2n) is 6.45. The number of nitrogens with zero attached hydrogens (tertiary/aromatic N) is 1. The normalized spacial score (nSPS) is 12.0. The van der Waals surface area contributed by atoms with Crippen molar-refractivity contribution in [3.8, 4) is 17.2 Å². The molecule has 0 saturated carbocycles. The van der Waals surface area contributed by atoms with Crippen LogP contribution in [0.2, 0.25) is 0 Å². The van der Waals surface area contributed by atoms with E-state index < -0.39 is 5.82 Å². The molecule has 0 fully saturated rings. The number of carbonyl (C=O) groups excluding carboxylic acids is 1. The maximum Gasteiger partial charge on any atom is 0.234 e. The molecular weight excluding hydrogens is 361 g/mol. The van der Waals surface area contributed by atoms with E-state index in [0.717, 1.165) is 17.6 Å². The fourth-order valence-electron chi connectivity index (χ4n) is 3.07. The first-order chi connectivity index (χ1) is 13.5. The Kier molecular flexibility index (Phi) is 5.75. The van der Waals surface area contributed by atoms with E-state index in [1.165, 1.54) is 13.2 Å². The number of hydrazine groups is 1. The van der Waals surface area contributed by atoms with Crippen LogP contribution in [0.3, 0.4) is 0 Å². The second-order valence-corrected chi connectivity index (χ2v) is 6.45. The van der Waals surface area contributed by atoms with Gasteiger partial charge in [-0.05, 0) is 47.7 Å². The number of halogens is 1. The Morgan fingerprint density at radius 1 is 1.36 bits per heavy atom. The highest BCUT2D eigenvalue weighted by Gasteiger charge is 2.18. The lowest BCUT2D eigenvalue weighted by atomic mass is 9.89. The number of allylic oxidation sites excluding steroid dienone is 1. The number of oxazole rings is 1. The van der Waals surface area contributed by atoms with Gasteiger partial charge in [-0.3, -0.25) is 10.2 Å². The quantitative estimate of drug-likeness (QED) is 0.365. The zero-order valence-corrected chi connectivity index (χ0v) is 15.8. The van der Waals surface area contributed by atoms with Gasteiger partial charge in [0.25, 0.3) is 0 Å². The summed E-state index contributed by atoms with van der Waals surface area (Å²) in [6, 6.07) is 9.96. The van der Waals surface area contributed by atoms with Crippen LogP contribution in [-0.2, 0) is 4.79 Å². The van der Waals surface area contributed by atoms with Crippen LogP contribution in [-0.4, -0.2) is 18.0 Å². The molecule has 0 aliphatic heterocycles. The molecule has 1 aromatic heterocycles. The SMILES string of the molecule is C=C(c1ccc2nc(-c3ccc(OC)cc3F)oc2c1)C(CC)CC(=O)NN. The molecule has 0 aliphatic carbocycles. The van der Waals surface area contributed by atoms with E-state index in [0.29, 0.717) is 16.8 Å². The van der Waals surface area contributed by atoms with Crippen molar-refractivity contribution in [2.24, 2.45) is 11.8 Å². The van der Waals surface area contributed by atoms with Gasteiger partial charge in [0.15, 0.2) is 5.58 Å². The number of fused-ring (bicyclic) bond motifs is 1. The molecule has 0 radical (unpaired) electrons. The minimum atomic E-state index is -0.477. The number of nitrogens with two attached hydrogens (primary N) is 1. The van der Waals surface area contributed by atoms with Crippen molar-refractivity contribution in [3.05, 3.63) is 54.4 Å². The summed E-state index contributed by atoms with van der Waals surface area (Å²) in [5, 5.41) is 0. The van der Waals surface area contributed by atoms with Gasteiger partial charge in [0.1, 0.15) is 17.1 Å². The number of ether oxygens (including phenoxy) is 1. The van der Waals surface area contributed by atoms with Crippen molar-refractivity contribution >= 4 is 22.6 Å². The van der Waals surface area contributed by atoms with Crippen LogP contribution < -0.4 is 16.0 Å². The van der Waals surface area contributed by atoms with Crippen LogP contribution in [0, 0.1) is 11.7 Å². The number of aromatic nitrogens is 1. The summed E-state index contributed by atoms with van der Waals surface area (Å²) in [6.45, 7) is 6.11. The molecule has 2 aromatic carbocycles. The molecule has 146 valence electrons. The van der Waals surface area contributed by atoms with Gasteiger partial charge in [-0.1, -0.05) is 19.6 Å². The van der Waals surface area contributed by atoms with E-state index in [-0.39, 0.29) is 29.7 Å². The summed E-state index contributed by atoms with van der Waals surface area (Å²) >= 11 is 0. The first-order valence-corrected chi connectivity index (χ1v) is 8.90. The molecule has 7 heteroatoms. The standard InChI is InChI=1S/C21H22FN3O3/c1-4-13(10-20(26)25-23)12(2)14-5-8-18-19(9-14)28-21(24-18)16-7-6-15(27-3)11-17(16)22/h5-9,11,13H,2,4,10,23H2,1,3H3,(H,25,26). The van der Waals surface area contributed by atoms with Gasteiger partial charge in [-0.2, -0.15) is 0 Å². The molecule has 0 bridgehead atoms. The van der Waals surface area contributed by atoms with Crippen LogP contribution in [0.15, 0.2) is 47.4 Å². The number of hydrogen-bond acceptors (Lipinski definition) is 5. The minimum Gasteiger partial charge on any atom is -0.497 e. The Morgan fingerprint density at radius 2 is 2.14 bits per heavy atom. The van der Waals surface area contributed by atoms with Crippen molar-refractivity contribution in [1.29, 1.82) is 0 Å². The number of amides is 1. The summed E-state index contributed by atoms with van der Waals surface area (Å²) in [7, 11) is 1.48. The van der Waals surface area contributed by atoms with Crippen LogP contribution in [0.1, 0.15) is 25.3 Å².